The van der Waals surface area contributed by atoms with Crippen molar-refractivity contribution in [2.45, 2.75) is 24.8 Å². The lowest BCUT2D eigenvalue weighted by Crippen LogP contribution is -2.51. The minimum Gasteiger partial charge on any atom is -0.480 e. The highest BCUT2D eigenvalue weighted by Gasteiger charge is 2.42. The first kappa shape index (κ1) is 15.6. The number of rotatable bonds is 6. The molecule has 1 heterocycles. The smallest absolute Gasteiger partial charge is 0.327 e. The summed E-state index contributed by atoms with van der Waals surface area (Å²) in [5.41, 5.74) is 0. The van der Waals surface area contributed by atoms with Crippen LogP contribution in [-0.2, 0) is 4.79 Å². The van der Waals surface area contributed by atoms with Crippen LogP contribution in [0.1, 0.15) is 13.3 Å². The number of carbonyl (C=O) groups is 2. The molecule has 0 aromatic carbocycles. The molecule has 1 N–H and O–H groups in total. The van der Waals surface area contributed by atoms with Gasteiger partial charge in [0.1, 0.15) is 6.04 Å². The van der Waals surface area contributed by atoms with Crippen LogP contribution < -0.4 is 0 Å². The number of aliphatic carboxylic acids is 1. The van der Waals surface area contributed by atoms with E-state index in [9.17, 15) is 14.7 Å². The third-order valence-corrected chi connectivity index (χ3v) is 4.37. The molecule has 2 amide bonds. The highest BCUT2D eigenvalue weighted by molar-refractivity contribution is 8.00. The van der Waals surface area contributed by atoms with Crippen LogP contribution in [0.15, 0.2) is 25.3 Å². The van der Waals surface area contributed by atoms with Gasteiger partial charge in [-0.3, -0.25) is 4.90 Å². The van der Waals surface area contributed by atoms with Gasteiger partial charge in [-0.15, -0.1) is 24.9 Å². The molecule has 2 unspecified atom stereocenters. The first-order valence-electron chi connectivity index (χ1n) is 6.20. The van der Waals surface area contributed by atoms with Crippen LogP contribution in [0.25, 0.3) is 0 Å². The van der Waals surface area contributed by atoms with Crippen LogP contribution in [0.4, 0.5) is 4.79 Å². The van der Waals surface area contributed by atoms with Gasteiger partial charge in [0.05, 0.1) is 5.37 Å². The first-order chi connectivity index (χ1) is 9.06. The lowest BCUT2D eigenvalue weighted by molar-refractivity contribution is -0.141. The molecule has 0 spiro atoms. The quantitative estimate of drug-likeness (QED) is 0.758. The van der Waals surface area contributed by atoms with Crippen molar-refractivity contribution in [2.24, 2.45) is 0 Å². The van der Waals surface area contributed by atoms with Crippen molar-refractivity contribution in [2.75, 3.05) is 18.8 Å². The third-order valence-electron chi connectivity index (χ3n) is 2.92. The van der Waals surface area contributed by atoms with E-state index in [1.54, 1.807) is 17.1 Å². The van der Waals surface area contributed by atoms with Gasteiger partial charge in [0.2, 0.25) is 0 Å². The molecule has 0 radical (unpaired) electrons. The molecule has 1 aliphatic rings. The van der Waals surface area contributed by atoms with E-state index in [2.05, 4.69) is 13.2 Å². The lowest BCUT2D eigenvalue weighted by atomic mass is 10.2. The molecule has 0 bridgehead atoms. The molecular formula is C13H20N2O3S. The molecule has 0 aliphatic carbocycles. The number of carboxylic acid groups (broad SMARTS) is 1. The van der Waals surface area contributed by atoms with E-state index < -0.39 is 12.0 Å². The van der Waals surface area contributed by atoms with Crippen LogP contribution >= 0.6 is 11.8 Å². The number of carboxylic acids is 1. The second-order valence-electron chi connectivity index (χ2n) is 4.22. The van der Waals surface area contributed by atoms with Crippen LogP contribution in [-0.4, -0.2) is 57.2 Å². The van der Waals surface area contributed by atoms with E-state index in [1.165, 1.54) is 16.7 Å². The van der Waals surface area contributed by atoms with Crippen molar-refractivity contribution in [3.8, 4) is 0 Å². The lowest BCUT2D eigenvalue weighted by Gasteiger charge is -2.32. The van der Waals surface area contributed by atoms with Crippen molar-refractivity contribution in [1.82, 2.24) is 9.80 Å². The van der Waals surface area contributed by atoms with Gasteiger partial charge in [0.25, 0.3) is 0 Å². The maximum Gasteiger partial charge on any atom is 0.327 e. The predicted molar refractivity (Wildman–Crippen MR) is 77.2 cm³/mol. The Kier molecular flexibility index (Phi) is 5.95. The summed E-state index contributed by atoms with van der Waals surface area (Å²) >= 11 is 1.51. The van der Waals surface area contributed by atoms with E-state index in [0.717, 1.165) is 6.42 Å². The third kappa shape index (κ3) is 3.53. The summed E-state index contributed by atoms with van der Waals surface area (Å²) in [5.74, 6) is -0.510. The van der Waals surface area contributed by atoms with Crippen LogP contribution in [0.3, 0.4) is 0 Å². The summed E-state index contributed by atoms with van der Waals surface area (Å²) in [6, 6.07) is -1.01. The van der Waals surface area contributed by atoms with Gasteiger partial charge >= 0.3 is 12.0 Å². The van der Waals surface area contributed by atoms with Gasteiger partial charge in [-0.2, -0.15) is 0 Å². The standard InChI is InChI=1S/C13H20N2O3S/c1-4-7-14(8-5-2)13(18)15-10(12(16)17)9-19-11(15)6-3/h4-5,10-11H,1-2,6-9H2,3H3,(H,16,17). The Morgan fingerprint density at radius 3 is 2.42 bits per heavy atom. The fourth-order valence-electron chi connectivity index (χ4n) is 2.03. The highest BCUT2D eigenvalue weighted by atomic mass is 32.2. The molecule has 5 nitrogen and oxygen atoms in total. The number of amides is 2. The largest absolute Gasteiger partial charge is 0.480 e. The van der Waals surface area contributed by atoms with Crippen LogP contribution in [0, 0.1) is 0 Å². The normalized spacial score (nSPS) is 22.1. The SMILES string of the molecule is C=CCN(CC=C)C(=O)N1C(CC)SCC1C(=O)O. The van der Waals surface area contributed by atoms with Gasteiger partial charge in [0.15, 0.2) is 0 Å². The molecular weight excluding hydrogens is 264 g/mol. The summed E-state index contributed by atoms with van der Waals surface area (Å²) in [6.45, 7) is 9.95. The number of carbonyl (C=O) groups excluding carboxylic acids is 1. The second kappa shape index (κ2) is 7.23. The molecule has 1 aliphatic heterocycles. The van der Waals surface area contributed by atoms with Crippen molar-refractivity contribution < 1.29 is 14.7 Å². The Balaban J connectivity index is 2.92. The summed E-state index contributed by atoms with van der Waals surface area (Å²) < 4.78 is 0. The van der Waals surface area contributed by atoms with E-state index in [-0.39, 0.29) is 11.4 Å². The Morgan fingerprint density at radius 1 is 1.42 bits per heavy atom. The zero-order chi connectivity index (χ0) is 14.4. The number of nitrogens with zero attached hydrogens (tertiary/aromatic N) is 2. The fourth-order valence-corrected chi connectivity index (χ4v) is 3.37. The van der Waals surface area contributed by atoms with Gasteiger partial charge in [-0.05, 0) is 6.42 Å². The number of thioether (sulfide) groups is 1. The van der Waals surface area contributed by atoms with E-state index in [1.807, 2.05) is 6.92 Å². The van der Waals surface area contributed by atoms with Crippen LogP contribution in [0.5, 0.6) is 0 Å². The highest BCUT2D eigenvalue weighted by Crippen LogP contribution is 2.32. The summed E-state index contributed by atoms with van der Waals surface area (Å²) in [5, 5.41) is 9.14. The molecule has 1 saturated heterocycles. The average molecular weight is 284 g/mol. The van der Waals surface area contributed by atoms with Gasteiger partial charge in [-0.25, -0.2) is 9.59 Å². The molecule has 2 atom stereocenters. The maximum absolute atomic E-state index is 12.5. The molecule has 1 fully saturated rings. The summed E-state index contributed by atoms with van der Waals surface area (Å²) in [7, 11) is 0. The van der Waals surface area contributed by atoms with Gasteiger partial charge in [-0.1, -0.05) is 19.1 Å². The number of urea groups is 1. The van der Waals surface area contributed by atoms with Crippen molar-refractivity contribution in [1.29, 1.82) is 0 Å². The number of hydrogen-bond acceptors (Lipinski definition) is 3. The van der Waals surface area contributed by atoms with Crippen molar-refractivity contribution in [3.63, 3.8) is 0 Å². The van der Waals surface area contributed by atoms with Gasteiger partial charge in [0, 0.05) is 18.8 Å². The predicted octanol–water partition coefficient (Wildman–Crippen LogP) is 2.02. The van der Waals surface area contributed by atoms with Crippen molar-refractivity contribution in [3.05, 3.63) is 25.3 Å². The number of hydrogen-bond donors (Lipinski definition) is 1. The zero-order valence-electron chi connectivity index (χ0n) is 11.1. The Bertz CT molecular complexity index is 363. The minimum absolute atomic E-state index is 0.0780. The molecule has 106 valence electrons. The molecule has 1 rings (SSSR count). The first-order valence-corrected chi connectivity index (χ1v) is 7.25. The Labute approximate surface area is 117 Å². The summed E-state index contributed by atoms with van der Waals surface area (Å²) in [4.78, 5) is 26.8. The molecule has 6 heteroatoms. The molecule has 0 aromatic heterocycles. The topological polar surface area (TPSA) is 60.9 Å². The molecule has 19 heavy (non-hydrogen) atoms. The maximum atomic E-state index is 12.5. The minimum atomic E-state index is -0.950. The van der Waals surface area contributed by atoms with E-state index in [0.29, 0.717) is 18.8 Å². The Morgan fingerprint density at radius 2 is 2.00 bits per heavy atom. The molecule has 0 aromatic rings. The average Bonchev–Trinajstić information content (AvgIpc) is 2.81. The second-order valence-corrected chi connectivity index (χ2v) is 5.43. The van der Waals surface area contributed by atoms with Crippen molar-refractivity contribution >= 4 is 23.8 Å². The van der Waals surface area contributed by atoms with E-state index in [4.69, 9.17) is 0 Å². The molecule has 0 saturated carbocycles. The Hall–Kier alpha value is -1.43. The fraction of sp³-hybridized carbons (Fsp3) is 0.538. The van der Waals surface area contributed by atoms with E-state index >= 15 is 0 Å². The monoisotopic (exact) mass is 284 g/mol. The van der Waals surface area contributed by atoms with Gasteiger partial charge < -0.3 is 10.0 Å². The summed E-state index contributed by atoms with van der Waals surface area (Å²) in [6.07, 6.45) is 3.99. The van der Waals surface area contributed by atoms with Crippen LogP contribution in [0.2, 0.25) is 0 Å². The zero-order valence-corrected chi connectivity index (χ0v) is 11.9.